The molecule has 2 heterocycles. The summed E-state index contributed by atoms with van der Waals surface area (Å²) in [5.41, 5.74) is 1.76. The van der Waals surface area contributed by atoms with Crippen LogP contribution in [0.15, 0.2) is 46.0 Å². The van der Waals surface area contributed by atoms with Gasteiger partial charge in [0.1, 0.15) is 17.8 Å². The Morgan fingerprint density at radius 1 is 1.17 bits per heavy atom. The van der Waals surface area contributed by atoms with E-state index in [-0.39, 0.29) is 0 Å². The molecule has 0 bridgehead atoms. The Labute approximate surface area is 176 Å². The van der Waals surface area contributed by atoms with Crippen LogP contribution in [0.5, 0.6) is 0 Å². The number of aryl methyl sites for hydroxylation is 1. The zero-order valence-corrected chi connectivity index (χ0v) is 17.6. The fourth-order valence-electron chi connectivity index (χ4n) is 3.61. The zero-order valence-electron chi connectivity index (χ0n) is 17.6. The quantitative estimate of drug-likeness (QED) is 0.481. The predicted octanol–water partition coefficient (Wildman–Crippen LogP) is 3.35. The van der Waals surface area contributed by atoms with Crippen LogP contribution in [0.3, 0.4) is 0 Å². The molecule has 0 saturated heterocycles. The summed E-state index contributed by atoms with van der Waals surface area (Å²) in [6, 6.07) is 10.3. The lowest BCUT2D eigenvalue weighted by Gasteiger charge is -2.25. The minimum absolute atomic E-state index is 0.441. The average molecular weight is 408 g/mol. The van der Waals surface area contributed by atoms with Crippen molar-refractivity contribution in [2.24, 2.45) is 12.0 Å². The first-order chi connectivity index (χ1) is 14.7. The molecule has 2 aromatic heterocycles. The molecule has 0 amide bonds. The summed E-state index contributed by atoms with van der Waals surface area (Å²) >= 11 is 0. The second-order valence-corrected chi connectivity index (χ2v) is 7.73. The highest BCUT2D eigenvalue weighted by Gasteiger charge is 2.16. The Hall–Kier alpha value is -3.16. The lowest BCUT2D eigenvalue weighted by atomic mass is 9.96. The van der Waals surface area contributed by atoms with Gasteiger partial charge in [0.2, 0.25) is 5.89 Å². The van der Waals surface area contributed by atoms with Gasteiger partial charge in [-0.25, -0.2) is 9.98 Å². The maximum absolute atomic E-state index is 5.64. The van der Waals surface area contributed by atoms with E-state index in [2.05, 4.69) is 25.8 Å². The summed E-state index contributed by atoms with van der Waals surface area (Å²) < 4.78 is 7.62. The van der Waals surface area contributed by atoms with Gasteiger partial charge in [0.15, 0.2) is 11.8 Å². The van der Waals surface area contributed by atoms with Crippen LogP contribution >= 0.6 is 0 Å². The van der Waals surface area contributed by atoms with Crippen molar-refractivity contribution in [3.8, 4) is 11.5 Å². The van der Waals surface area contributed by atoms with Crippen molar-refractivity contribution in [2.45, 2.75) is 58.2 Å². The summed E-state index contributed by atoms with van der Waals surface area (Å²) in [7, 11) is 1.97. The number of aliphatic imine (C=N–C) groups is 1. The first-order valence-electron chi connectivity index (χ1n) is 10.6. The molecular formula is C22H29N7O. The van der Waals surface area contributed by atoms with Crippen molar-refractivity contribution < 1.29 is 4.42 Å². The number of nitrogens with one attached hydrogen (secondary N) is 2. The van der Waals surface area contributed by atoms with E-state index in [1.54, 1.807) is 6.26 Å². The van der Waals surface area contributed by atoms with Gasteiger partial charge >= 0.3 is 0 Å². The predicted molar refractivity (Wildman–Crippen MR) is 116 cm³/mol. The Morgan fingerprint density at radius 2 is 1.97 bits per heavy atom. The minimum Gasteiger partial charge on any atom is -0.444 e. The number of rotatable bonds is 6. The van der Waals surface area contributed by atoms with Gasteiger partial charge in [-0.2, -0.15) is 0 Å². The largest absolute Gasteiger partial charge is 0.444 e. The van der Waals surface area contributed by atoms with E-state index in [4.69, 9.17) is 9.41 Å². The van der Waals surface area contributed by atoms with Crippen molar-refractivity contribution in [1.29, 1.82) is 0 Å². The number of aromatic nitrogens is 4. The van der Waals surface area contributed by atoms with Crippen LogP contribution in [-0.4, -0.2) is 31.7 Å². The van der Waals surface area contributed by atoms with Gasteiger partial charge in [-0.1, -0.05) is 37.5 Å². The normalized spacial score (nSPS) is 15.3. The molecule has 158 valence electrons. The summed E-state index contributed by atoms with van der Waals surface area (Å²) in [5.74, 6) is 3.15. The van der Waals surface area contributed by atoms with Crippen LogP contribution in [0.4, 0.5) is 0 Å². The number of oxazole rings is 1. The van der Waals surface area contributed by atoms with E-state index in [0.29, 0.717) is 25.0 Å². The molecule has 1 fully saturated rings. The van der Waals surface area contributed by atoms with Crippen molar-refractivity contribution in [3.05, 3.63) is 53.9 Å². The van der Waals surface area contributed by atoms with E-state index in [1.165, 1.54) is 32.1 Å². The molecule has 0 radical (unpaired) electrons. The second-order valence-electron chi connectivity index (χ2n) is 7.73. The number of benzene rings is 1. The third-order valence-electron chi connectivity index (χ3n) is 5.51. The standard InChI is InChI=1S/C22H29N7O/c1-16-27-28-20(29(16)2)14-24-22(26-18-11-7-4-8-12-18)23-13-19-15-30-21(25-19)17-9-5-3-6-10-17/h3,5-6,9-10,15,18H,4,7-8,11-14H2,1-2H3,(H2,23,24,26). The molecule has 1 saturated carbocycles. The lowest BCUT2D eigenvalue weighted by Crippen LogP contribution is -2.44. The molecule has 3 aromatic rings. The molecule has 8 nitrogen and oxygen atoms in total. The third-order valence-corrected chi connectivity index (χ3v) is 5.51. The molecule has 0 atom stereocenters. The summed E-state index contributed by atoms with van der Waals surface area (Å²) in [6.45, 7) is 2.95. The lowest BCUT2D eigenvalue weighted by molar-refractivity contribution is 0.409. The number of guanidine groups is 1. The van der Waals surface area contributed by atoms with E-state index >= 15 is 0 Å². The highest BCUT2D eigenvalue weighted by molar-refractivity contribution is 5.80. The van der Waals surface area contributed by atoms with Gasteiger partial charge in [0.05, 0.1) is 13.1 Å². The minimum atomic E-state index is 0.441. The molecule has 0 spiro atoms. The SMILES string of the molecule is Cc1nnc(CNC(=NCc2coc(-c3ccccc3)n2)NC2CCCCC2)n1C. The van der Waals surface area contributed by atoms with Crippen LogP contribution in [-0.2, 0) is 20.1 Å². The van der Waals surface area contributed by atoms with E-state index in [0.717, 1.165) is 28.9 Å². The van der Waals surface area contributed by atoms with E-state index in [9.17, 15) is 0 Å². The Balaban J connectivity index is 1.44. The maximum Gasteiger partial charge on any atom is 0.226 e. The molecule has 30 heavy (non-hydrogen) atoms. The van der Waals surface area contributed by atoms with Crippen molar-refractivity contribution in [1.82, 2.24) is 30.4 Å². The molecule has 1 aromatic carbocycles. The van der Waals surface area contributed by atoms with E-state index in [1.807, 2.05) is 48.9 Å². The summed E-state index contributed by atoms with van der Waals surface area (Å²) in [6.07, 6.45) is 7.86. The van der Waals surface area contributed by atoms with Crippen molar-refractivity contribution in [3.63, 3.8) is 0 Å². The molecule has 8 heteroatoms. The summed E-state index contributed by atoms with van der Waals surface area (Å²) in [5, 5.41) is 15.3. The number of hydrogen-bond donors (Lipinski definition) is 2. The van der Waals surface area contributed by atoms with Crippen molar-refractivity contribution in [2.75, 3.05) is 0 Å². The van der Waals surface area contributed by atoms with Gasteiger partial charge < -0.3 is 19.6 Å². The fourth-order valence-corrected chi connectivity index (χ4v) is 3.61. The van der Waals surface area contributed by atoms with Gasteiger partial charge in [-0.15, -0.1) is 10.2 Å². The molecule has 4 rings (SSSR count). The topological polar surface area (TPSA) is 93.2 Å². The number of hydrogen-bond acceptors (Lipinski definition) is 5. The van der Waals surface area contributed by atoms with Crippen LogP contribution in [0.1, 0.15) is 49.4 Å². The first kappa shape index (κ1) is 20.1. The Kier molecular flexibility index (Phi) is 6.41. The number of nitrogens with zero attached hydrogens (tertiary/aromatic N) is 5. The molecule has 1 aliphatic rings. The molecule has 0 aliphatic heterocycles. The summed E-state index contributed by atoms with van der Waals surface area (Å²) in [4.78, 5) is 9.34. The van der Waals surface area contributed by atoms with Crippen LogP contribution < -0.4 is 10.6 Å². The molecule has 2 N–H and O–H groups in total. The average Bonchev–Trinajstić information content (AvgIpc) is 3.39. The van der Waals surface area contributed by atoms with Gasteiger partial charge in [-0.3, -0.25) is 0 Å². The van der Waals surface area contributed by atoms with E-state index < -0.39 is 0 Å². The third kappa shape index (κ3) is 5.06. The van der Waals surface area contributed by atoms with Gasteiger partial charge in [-0.05, 0) is 31.9 Å². The Morgan fingerprint density at radius 3 is 2.70 bits per heavy atom. The monoisotopic (exact) mass is 407 g/mol. The van der Waals surface area contributed by atoms with Crippen molar-refractivity contribution >= 4 is 5.96 Å². The van der Waals surface area contributed by atoms with Gasteiger partial charge in [0.25, 0.3) is 0 Å². The highest BCUT2D eigenvalue weighted by Crippen LogP contribution is 2.19. The Bertz CT molecular complexity index is 971. The van der Waals surface area contributed by atoms with Gasteiger partial charge in [0, 0.05) is 18.7 Å². The highest BCUT2D eigenvalue weighted by atomic mass is 16.3. The molecule has 1 aliphatic carbocycles. The first-order valence-corrected chi connectivity index (χ1v) is 10.6. The zero-order chi connectivity index (χ0) is 20.8. The smallest absolute Gasteiger partial charge is 0.226 e. The fraction of sp³-hybridized carbons (Fsp3) is 0.455. The van der Waals surface area contributed by atoms with Crippen LogP contribution in [0.25, 0.3) is 11.5 Å². The van der Waals surface area contributed by atoms with Crippen LogP contribution in [0.2, 0.25) is 0 Å². The maximum atomic E-state index is 5.64. The molecular weight excluding hydrogens is 378 g/mol. The molecule has 0 unspecified atom stereocenters. The van der Waals surface area contributed by atoms with Crippen LogP contribution in [0, 0.1) is 6.92 Å². The second kappa shape index (κ2) is 9.56.